The maximum Gasteiger partial charge on any atom is 0.258 e. The molecule has 6 heteroatoms. The number of amides is 1. The second kappa shape index (κ2) is 8.36. The van der Waals surface area contributed by atoms with Crippen molar-refractivity contribution in [3.8, 4) is 11.5 Å². The van der Waals surface area contributed by atoms with E-state index in [4.69, 9.17) is 21.1 Å². The second-order valence-electron chi connectivity index (χ2n) is 5.13. The van der Waals surface area contributed by atoms with Gasteiger partial charge in [-0.1, -0.05) is 29.8 Å². The summed E-state index contributed by atoms with van der Waals surface area (Å²) in [5.74, 6) is 0.499. The van der Waals surface area contributed by atoms with Gasteiger partial charge in [0.1, 0.15) is 6.29 Å². The molecule has 2 aromatic rings. The van der Waals surface area contributed by atoms with Crippen molar-refractivity contribution < 1.29 is 19.1 Å². The number of rotatable bonds is 7. The van der Waals surface area contributed by atoms with Crippen LogP contribution in [0.5, 0.6) is 11.5 Å². The van der Waals surface area contributed by atoms with Crippen LogP contribution in [0.4, 0.5) is 0 Å². The molecule has 0 radical (unpaired) electrons. The Balaban J connectivity index is 1.96. The van der Waals surface area contributed by atoms with E-state index in [1.54, 1.807) is 24.3 Å². The summed E-state index contributed by atoms with van der Waals surface area (Å²) in [6, 6.07) is 11.8. The lowest BCUT2D eigenvalue weighted by atomic mass is 10.1. The number of nitrogens with one attached hydrogen (secondary N) is 1. The third kappa shape index (κ3) is 4.49. The number of ether oxygens (including phenoxy) is 2. The summed E-state index contributed by atoms with van der Waals surface area (Å²) in [5, 5.41) is 3.42. The Labute approximate surface area is 145 Å². The maximum absolute atomic E-state index is 12.1. The number of halogens is 1. The summed E-state index contributed by atoms with van der Waals surface area (Å²) in [5.41, 5.74) is 1.30. The third-order valence-corrected chi connectivity index (χ3v) is 3.78. The summed E-state index contributed by atoms with van der Waals surface area (Å²) >= 11 is 6.12. The standard InChI is InChI=1S/C18H18ClNO4/c1-12(14-5-3-4-6-15(14)19)20-18(22)11-24-16-8-7-13(10-21)9-17(16)23-2/h3-10,12H,11H2,1-2H3,(H,20,22). The Kier molecular flexibility index (Phi) is 6.21. The van der Waals surface area contributed by atoms with E-state index in [0.717, 1.165) is 5.56 Å². The van der Waals surface area contributed by atoms with Crippen LogP contribution >= 0.6 is 11.6 Å². The normalized spacial score (nSPS) is 11.5. The fraction of sp³-hybridized carbons (Fsp3) is 0.222. The molecule has 0 heterocycles. The van der Waals surface area contributed by atoms with Crippen LogP contribution in [0.15, 0.2) is 42.5 Å². The highest BCUT2D eigenvalue weighted by Crippen LogP contribution is 2.27. The number of methoxy groups -OCH3 is 1. The van der Waals surface area contributed by atoms with Gasteiger partial charge in [-0.25, -0.2) is 0 Å². The molecule has 0 fully saturated rings. The molecule has 126 valence electrons. The molecule has 0 aliphatic rings. The summed E-state index contributed by atoms with van der Waals surface area (Å²) in [6.45, 7) is 1.67. The lowest BCUT2D eigenvalue weighted by Crippen LogP contribution is -2.31. The minimum atomic E-state index is -0.288. The number of carbonyl (C=O) groups excluding carboxylic acids is 2. The summed E-state index contributed by atoms with van der Waals surface area (Å²) < 4.78 is 10.6. The molecule has 2 rings (SSSR count). The van der Waals surface area contributed by atoms with E-state index < -0.39 is 0 Å². The summed E-state index contributed by atoms with van der Waals surface area (Å²) in [7, 11) is 1.47. The zero-order chi connectivity index (χ0) is 17.5. The van der Waals surface area contributed by atoms with Crippen molar-refractivity contribution in [3.63, 3.8) is 0 Å². The van der Waals surface area contributed by atoms with Crippen molar-refractivity contribution in [2.24, 2.45) is 0 Å². The molecule has 0 aliphatic heterocycles. The first-order valence-electron chi connectivity index (χ1n) is 7.35. The van der Waals surface area contributed by atoms with Gasteiger partial charge < -0.3 is 14.8 Å². The van der Waals surface area contributed by atoms with E-state index in [0.29, 0.717) is 28.4 Å². The van der Waals surface area contributed by atoms with Gasteiger partial charge >= 0.3 is 0 Å². The lowest BCUT2D eigenvalue weighted by Gasteiger charge is -2.16. The van der Waals surface area contributed by atoms with Gasteiger partial charge in [0, 0.05) is 10.6 Å². The SMILES string of the molecule is COc1cc(C=O)ccc1OCC(=O)NC(C)c1ccccc1Cl. The number of benzene rings is 2. The van der Waals surface area contributed by atoms with Crippen LogP contribution in [0, 0.1) is 0 Å². The molecule has 1 N–H and O–H groups in total. The average molecular weight is 348 g/mol. The first-order valence-corrected chi connectivity index (χ1v) is 7.72. The van der Waals surface area contributed by atoms with Crippen molar-refractivity contribution in [1.29, 1.82) is 0 Å². The zero-order valence-corrected chi connectivity index (χ0v) is 14.2. The Hall–Kier alpha value is -2.53. The van der Waals surface area contributed by atoms with Crippen molar-refractivity contribution in [2.45, 2.75) is 13.0 Å². The van der Waals surface area contributed by atoms with E-state index in [1.165, 1.54) is 7.11 Å². The topological polar surface area (TPSA) is 64.6 Å². The number of aldehydes is 1. The van der Waals surface area contributed by atoms with Crippen LogP contribution < -0.4 is 14.8 Å². The molecule has 0 spiro atoms. The molecule has 1 atom stereocenters. The Morgan fingerprint density at radius 1 is 1.25 bits per heavy atom. The van der Waals surface area contributed by atoms with E-state index in [2.05, 4.69) is 5.32 Å². The van der Waals surface area contributed by atoms with Gasteiger partial charge in [0.2, 0.25) is 0 Å². The quantitative estimate of drug-likeness (QED) is 0.779. The smallest absolute Gasteiger partial charge is 0.258 e. The van der Waals surface area contributed by atoms with E-state index in [9.17, 15) is 9.59 Å². The van der Waals surface area contributed by atoms with Crippen molar-refractivity contribution >= 4 is 23.8 Å². The summed E-state index contributed by atoms with van der Waals surface area (Å²) in [4.78, 5) is 22.8. The predicted octanol–water partition coefficient (Wildman–Crippen LogP) is 3.42. The molecule has 24 heavy (non-hydrogen) atoms. The third-order valence-electron chi connectivity index (χ3n) is 3.43. The maximum atomic E-state index is 12.1. The largest absolute Gasteiger partial charge is 0.493 e. The first-order chi connectivity index (χ1) is 11.5. The Morgan fingerprint density at radius 2 is 2.00 bits per heavy atom. The predicted molar refractivity (Wildman–Crippen MR) is 91.9 cm³/mol. The summed E-state index contributed by atoms with van der Waals surface area (Å²) in [6.07, 6.45) is 0.713. The molecule has 0 saturated heterocycles. The van der Waals surface area contributed by atoms with E-state index in [-0.39, 0.29) is 18.6 Å². The first kappa shape index (κ1) is 17.8. The molecule has 1 unspecified atom stereocenters. The number of hydrogen-bond donors (Lipinski definition) is 1. The fourth-order valence-electron chi connectivity index (χ4n) is 2.21. The van der Waals surface area contributed by atoms with Crippen LogP contribution in [-0.2, 0) is 4.79 Å². The fourth-order valence-corrected chi connectivity index (χ4v) is 2.51. The Bertz CT molecular complexity index is 733. The minimum Gasteiger partial charge on any atom is -0.493 e. The van der Waals surface area contributed by atoms with Gasteiger partial charge in [-0.15, -0.1) is 0 Å². The van der Waals surface area contributed by atoms with Crippen LogP contribution in [-0.4, -0.2) is 25.9 Å². The average Bonchev–Trinajstić information content (AvgIpc) is 2.60. The van der Waals surface area contributed by atoms with Gasteiger partial charge in [-0.05, 0) is 36.8 Å². The second-order valence-corrected chi connectivity index (χ2v) is 5.53. The van der Waals surface area contributed by atoms with Crippen molar-refractivity contribution in [1.82, 2.24) is 5.32 Å². The Morgan fingerprint density at radius 3 is 2.67 bits per heavy atom. The molecule has 0 bridgehead atoms. The van der Waals surface area contributed by atoms with Crippen molar-refractivity contribution in [3.05, 3.63) is 58.6 Å². The van der Waals surface area contributed by atoms with Gasteiger partial charge in [-0.3, -0.25) is 9.59 Å². The molecule has 2 aromatic carbocycles. The van der Waals surface area contributed by atoms with E-state index in [1.807, 2.05) is 25.1 Å². The number of hydrogen-bond acceptors (Lipinski definition) is 4. The van der Waals surface area contributed by atoms with Gasteiger partial charge in [0.25, 0.3) is 5.91 Å². The van der Waals surface area contributed by atoms with Crippen molar-refractivity contribution in [2.75, 3.05) is 13.7 Å². The van der Waals surface area contributed by atoms with Gasteiger partial charge in [0.15, 0.2) is 18.1 Å². The minimum absolute atomic E-state index is 0.175. The molecular formula is C18H18ClNO4. The zero-order valence-electron chi connectivity index (χ0n) is 13.4. The van der Waals surface area contributed by atoms with Crippen LogP contribution in [0.3, 0.4) is 0 Å². The monoisotopic (exact) mass is 347 g/mol. The lowest BCUT2D eigenvalue weighted by molar-refractivity contribution is -0.123. The van der Waals surface area contributed by atoms with E-state index >= 15 is 0 Å². The van der Waals surface area contributed by atoms with Gasteiger partial charge in [-0.2, -0.15) is 0 Å². The molecule has 0 saturated carbocycles. The van der Waals surface area contributed by atoms with Gasteiger partial charge in [0.05, 0.1) is 13.2 Å². The van der Waals surface area contributed by atoms with Crippen LogP contribution in [0.1, 0.15) is 28.9 Å². The molecule has 1 amide bonds. The van der Waals surface area contributed by atoms with Crippen LogP contribution in [0.25, 0.3) is 0 Å². The highest BCUT2D eigenvalue weighted by molar-refractivity contribution is 6.31. The highest BCUT2D eigenvalue weighted by Gasteiger charge is 2.13. The molecular weight excluding hydrogens is 330 g/mol. The molecule has 5 nitrogen and oxygen atoms in total. The number of carbonyl (C=O) groups is 2. The van der Waals surface area contributed by atoms with Crippen LogP contribution in [0.2, 0.25) is 5.02 Å². The molecule has 0 aliphatic carbocycles. The highest BCUT2D eigenvalue weighted by atomic mass is 35.5. The molecule has 0 aromatic heterocycles.